The Kier molecular flexibility index (Phi) is 6.34. The summed E-state index contributed by atoms with van der Waals surface area (Å²) >= 11 is 0. The van der Waals surface area contributed by atoms with Gasteiger partial charge in [0.1, 0.15) is 5.60 Å². The van der Waals surface area contributed by atoms with Crippen LogP contribution in [-0.2, 0) is 14.3 Å². The van der Waals surface area contributed by atoms with E-state index in [2.05, 4.69) is 16.6 Å². The van der Waals surface area contributed by atoms with Crippen molar-refractivity contribution in [2.75, 3.05) is 7.11 Å². The summed E-state index contributed by atoms with van der Waals surface area (Å²) in [5.74, 6) is 5.27. The lowest BCUT2D eigenvalue weighted by Gasteiger charge is -2.45. The molecule has 4 heteroatoms. The monoisotopic (exact) mass is 330 g/mol. The summed E-state index contributed by atoms with van der Waals surface area (Å²) in [5, 5.41) is 11.3. The van der Waals surface area contributed by atoms with Gasteiger partial charge in [0.05, 0.1) is 7.11 Å². The number of esters is 1. The second-order valence-electron chi connectivity index (χ2n) is 6.70. The standard InChI is InChI=1S/C20H26O4/c1-7-8-9-16-15(3)20(23,19(4,5)13-17(16)21)11-10-14(2)12-18(22)24-6/h10-12,23H,9,13H2,1-6H3/t20-/m1/s1. The van der Waals surface area contributed by atoms with E-state index < -0.39 is 17.0 Å². The predicted molar refractivity (Wildman–Crippen MR) is 94.0 cm³/mol. The Bertz CT molecular complexity index is 680. The van der Waals surface area contributed by atoms with Crippen LogP contribution in [0, 0.1) is 17.3 Å². The van der Waals surface area contributed by atoms with Gasteiger partial charge in [-0.05, 0) is 38.0 Å². The van der Waals surface area contributed by atoms with E-state index in [0.29, 0.717) is 23.1 Å². The maximum absolute atomic E-state index is 12.4. The molecule has 4 nitrogen and oxygen atoms in total. The first-order valence-corrected chi connectivity index (χ1v) is 7.90. The molecule has 0 aliphatic heterocycles. The molecule has 0 aromatic rings. The van der Waals surface area contributed by atoms with E-state index in [1.807, 2.05) is 13.8 Å². The molecular formula is C20H26O4. The van der Waals surface area contributed by atoms with Gasteiger partial charge in [-0.1, -0.05) is 25.8 Å². The summed E-state index contributed by atoms with van der Waals surface area (Å²) in [4.78, 5) is 23.7. The van der Waals surface area contributed by atoms with Gasteiger partial charge in [-0.15, -0.1) is 5.92 Å². The van der Waals surface area contributed by atoms with Crippen molar-refractivity contribution in [1.82, 2.24) is 0 Å². The van der Waals surface area contributed by atoms with Gasteiger partial charge < -0.3 is 9.84 Å². The number of methoxy groups -OCH3 is 1. The van der Waals surface area contributed by atoms with Gasteiger partial charge in [0.15, 0.2) is 5.78 Å². The average Bonchev–Trinajstić information content (AvgIpc) is 2.50. The van der Waals surface area contributed by atoms with E-state index in [9.17, 15) is 14.7 Å². The molecule has 0 saturated carbocycles. The van der Waals surface area contributed by atoms with Crippen molar-refractivity contribution in [2.45, 2.75) is 53.1 Å². The molecule has 1 aliphatic carbocycles. The fraction of sp³-hybridized carbons (Fsp3) is 0.500. The summed E-state index contributed by atoms with van der Waals surface area (Å²) in [6.07, 6.45) is 5.27. The average molecular weight is 330 g/mol. The number of allylic oxidation sites excluding steroid dienone is 3. The molecule has 130 valence electrons. The van der Waals surface area contributed by atoms with Crippen LogP contribution < -0.4 is 0 Å². The maximum atomic E-state index is 12.4. The molecule has 0 amide bonds. The second-order valence-corrected chi connectivity index (χ2v) is 6.70. The first-order valence-electron chi connectivity index (χ1n) is 7.90. The highest BCUT2D eigenvalue weighted by molar-refractivity contribution is 5.98. The Labute approximate surface area is 144 Å². The molecular weight excluding hydrogens is 304 g/mol. The van der Waals surface area contributed by atoms with Gasteiger partial charge in [0, 0.05) is 29.9 Å². The molecule has 0 saturated heterocycles. The minimum Gasteiger partial charge on any atom is -0.466 e. The molecule has 24 heavy (non-hydrogen) atoms. The number of ketones is 1. The van der Waals surface area contributed by atoms with E-state index in [0.717, 1.165) is 0 Å². The summed E-state index contributed by atoms with van der Waals surface area (Å²) in [6.45, 7) is 8.97. The number of hydrogen-bond acceptors (Lipinski definition) is 4. The fourth-order valence-corrected chi connectivity index (χ4v) is 2.89. The van der Waals surface area contributed by atoms with E-state index in [1.165, 1.54) is 13.2 Å². The van der Waals surface area contributed by atoms with Crippen molar-refractivity contribution in [1.29, 1.82) is 0 Å². The van der Waals surface area contributed by atoms with E-state index in [-0.39, 0.29) is 12.2 Å². The molecule has 1 rings (SSSR count). The second kappa shape index (κ2) is 7.63. The van der Waals surface area contributed by atoms with Crippen LogP contribution in [0.25, 0.3) is 0 Å². The number of hydrogen-bond donors (Lipinski definition) is 1. The van der Waals surface area contributed by atoms with E-state index in [1.54, 1.807) is 32.9 Å². The molecule has 1 atom stereocenters. The third-order valence-electron chi connectivity index (χ3n) is 4.57. The third kappa shape index (κ3) is 4.04. The minimum absolute atomic E-state index is 0.0279. The molecule has 0 aromatic heterocycles. The first kappa shape index (κ1) is 19.9. The van der Waals surface area contributed by atoms with Crippen molar-refractivity contribution in [3.63, 3.8) is 0 Å². The smallest absolute Gasteiger partial charge is 0.330 e. The van der Waals surface area contributed by atoms with Crippen molar-refractivity contribution >= 4 is 11.8 Å². The summed E-state index contributed by atoms with van der Waals surface area (Å²) in [7, 11) is 1.31. The van der Waals surface area contributed by atoms with E-state index in [4.69, 9.17) is 0 Å². The highest BCUT2D eigenvalue weighted by atomic mass is 16.5. The molecule has 1 aliphatic rings. The van der Waals surface area contributed by atoms with Gasteiger partial charge in [-0.3, -0.25) is 4.79 Å². The minimum atomic E-state index is -1.28. The fourth-order valence-electron chi connectivity index (χ4n) is 2.89. The molecule has 0 spiro atoms. The molecule has 0 bridgehead atoms. The molecule has 0 fully saturated rings. The summed E-state index contributed by atoms with van der Waals surface area (Å²) in [6, 6.07) is 0. The Morgan fingerprint density at radius 3 is 2.58 bits per heavy atom. The third-order valence-corrected chi connectivity index (χ3v) is 4.57. The Hall–Kier alpha value is -2.12. The van der Waals surface area contributed by atoms with Crippen LogP contribution in [0.4, 0.5) is 0 Å². The number of carbonyl (C=O) groups excluding carboxylic acids is 2. The topological polar surface area (TPSA) is 63.6 Å². The zero-order valence-corrected chi connectivity index (χ0v) is 15.3. The van der Waals surface area contributed by atoms with Gasteiger partial charge in [-0.2, -0.15) is 0 Å². The molecule has 1 N–H and O–H groups in total. The highest BCUT2D eigenvalue weighted by Crippen LogP contribution is 2.47. The van der Waals surface area contributed by atoms with Crippen LogP contribution >= 0.6 is 0 Å². The van der Waals surface area contributed by atoms with Crippen LogP contribution in [0.2, 0.25) is 0 Å². The largest absolute Gasteiger partial charge is 0.466 e. The summed E-state index contributed by atoms with van der Waals surface area (Å²) in [5.41, 5.74) is -0.0827. The lowest BCUT2D eigenvalue weighted by atomic mass is 9.62. The van der Waals surface area contributed by atoms with Crippen LogP contribution in [-0.4, -0.2) is 29.6 Å². The summed E-state index contributed by atoms with van der Waals surface area (Å²) < 4.78 is 4.59. The number of rotatable bonds is 4. The van der Waals surface area contributed by atoms with E-state index >= 15 is 0 Å². The number of Topliss-reactive ketones (excluding diaryl/α,β-unsaturated/α-hetero) is 1. The lowest BCUT2D eigenvalue weighted by Crippen LogP contribution is -2.49. The van der Waals surface area contributed by atoms with Gasteiger partial charge >= 0.3 is 5.97 Å². The van der Waals surface area contributed by atoms with Crippen molar-refractivity contribution in [2.24, 2.45) is 5.41 Å². The quantitative estimate of drug-likeness (QED) is 0.372. The zero-order chi connectivity index (χ0) is 18.5. The van der Waals surface area contributed by atoms with Gasteiger partial charge in [0.2, 0.25) is 0 Å². The first-order chi connectivity index (χ1) is 11.1. The van der Waals surface area contributed by atoms with Crippen molar-refractivity contribution in [3.8, 4) is 11.8 Å². The molecule has 0 heterocycles. The van der Waals surface area contributed by atoms with Crippen LogP contribution in [0.1, 0.15) is 47.5 Å². The van der Waals surface area contributed by atoms with Crippen LogP contribution in [0.15, 0.2) is 34.9 Å². The van der Waals surface area contributed by atoms with Gasteiger partial charge in [-0.25, -0.2) is 4.79 Å². The number of carbonyl (C=O) groups is 2. The number of ether oxygens (including phenoxy) is 1. The van der Waals surface area contributed by atoms with Gasteiger partial charge in [0.25, 0.3) is 0 Å². The molecule has 0 aromatic carbocycles. The highest BCUT2D eigenvalue weighted by Gasteiger charge is 2.49. The van der Waals surface area contributed by atoms with Crippen molar-refractivity contribution in [3.05, 3.63) is 34.9 Å². The predicted octanol–water partition coefficient (Wildman–Crippen LogP) is 3.12. The molecule has 0 radical (unpaired) electrons. The van der Waals surface area contributed by atoms with Crippen LogP contribution in [0.3, 0.4) is 0 Å². The SMILES string of the molecule is CC#CCC1=C(C)[C@](O)(C=CC(C)=CC(=O)OC)C(C)(C)CC1=O. The lowest BCUT2D eigenvalue weighted by molar-refractivity contribution is -0.134. The Morgan fingerprint density at radius 1 is 1.42 bits per heavy atom. The van der Waals surface area contributed by atoms with Crippen molar-refractivity contribution < 1.29 is 19.4 Å². The Morgan fingerprint density at radius 2 is 2.04 bits per heavy atom. The Balaban J connectivity index is 3.34. The maximum Gasteiger partial charge on any atom is 0.330 e. The normalized spacial score (nSPS) is 24.0. The van der Waals surface area contributed by atoms with Crippen LogP contribution in [0.5, 0.6) is 0 Å². The zero-order valence-electron chi connectivity index (χ0n) is 15.3. The number of aliphatic hydroxyl groups is 1. The molecule has 0 unspecified atom stereocenters.